The Labute approximate surface area is 124 Å². The molecular weight excluding hydrogens is 266 g/mol. The maximum Gasteiger partial charge on any atom is 0.267 e. The molecule has 0 fully saturated rings. The zero-order valence-corrected chi connectivity index (χ0v) is 11.9. The fourth-order valence-corrected chi connectivity index (χ4v) is 1.98. The summed E-state index contributed by atoms with van der Waals surface area (Å²) in [5.74, 6) is 5.71. The van der Waals surface area contributed by atoms with E-state index in [-0.39, 0.29) is 5.91 Å². The lowest BCUT2D eigenvalue weighted by atomic mass is 10.1. The Morgan fingerprint density at radius 3 is 2.62 bits per heavy atom. The summed E-state index contributed by atoms with van der Waals surface area (Å²) in [5, 5.41) is 3.18. The van der Waals surface area contributed by atoms with Crippen molar-refractivity contribution >= 4 is 11.6 Å². The smallest absolute Gasteiger partial charge is 0.267 e. The van der Waals surface area contributed by atoms with E-state index in [1.165, 1.54) is 0 Å². The molecule has 5 nitrogen and oxygen atoms in total. The number of nitrogen functional groups attached to an aromatic ring is 1. The van der Waals surface area contributed by atoms with Gasteiger partial charge in [0.05, 0.1) is 5.56 Å². The van der Waals surface area contributed by atoms with E-state index >= 15 is 0 Å². The molecule has 21 heavy (non-hydrogen) atoms. The van der Waals surface area contributed by atoms with Gasteiger partial charge in [-0.05, 0) is 30.7 Å². The summed E-state index contributed by atoms with van der Waals surface area (Å²) in [6.07, 6.45) is 0. The predicted molar refractivity (Wildman–Crippen MR) is 83.3 cm³/mol. The highest BCUT2D eigenvalue weighted by Gasteiger charge is 2.08. The predicted octanol–water partition coefficient (Wildman–Crippen LogP) is 2.09. The zero-order chi connectivity index (χ0) is 15.1. The quantitative estimate of drug-likeness (QED) is 0.329. The van der Waals surface area contributed by atoms with E-state index in [0.29, 0.717) is 18.7 Å². The van der Waals surface area contributed by atoms with E-state index in [0.717, 1.165) is 17.0 Å². The second-order valence-corrected chi connectivity index (χ2v) is 4.56. The minimum absolute atomic E-state index is 0.321. The highest BCUT2D eigenvalue weighted by Crippen LogP contribution is 2.17. The summed E-state index contributed by atoms with van der Waals surface area (Å²) >= 11 is 0. The van der Waals surface area contributed by atoms with Crippen LogP contribution in [0.25, 0.3) is 0 Å². The SMILES string of the molecule is Cc1ccccc1OCCNc1ccccc1C(=O)NN. The number of nitrogens with one attached hydrogen (secondary N) is 2. The van der Waals surface area contributed by atoms with Crippen LogP contribution in [0.1, 0.15) is 15.9 Å². The first-order valence-electron chi connectivity index (χ1n) is 6.74. The van der Waals surface area contributed by atoms with Gasteiger partial charge in [-0.2, -0.15) is 0 Å². The number of carbonyl (C=O) groups excluding carboxylic acids is 1. The fourth-order valence-electron chi connectivity index (χ4n) is 1.98. The Bertz CT molecular complexity index is 614. The number of amides is 1. The van der Waals surface area contributed by atoms with E-state index in [4.69, 9.17) is 10.6 Å². The Balaban J connectivity index is 1.90. The Hall–Kier alpha value is -2.53. The van der Waals surface area contributed by atoms with Crippen molar-refractivity contribution in [2.75, 3.05) is 18.5 Å². The van der Waals surface area contributed by atoms with Crippen molar-refractivity contribution in [1.29, 1.82) is 0 Å². The van der Waals surface area contributed by atoms with Crippen molar-refractivity contribution < 1.29 is 9.53 Å². The van der Waals surface area contributed by atoms with E-state index in [9.17, 15) is 4.79 Å². The van der Waals surface area contributed by atoms with Gasteiger partial charge in [-0.1, -0.05) is 30.3 Å². The van der Waals surface area contributed by atoms with Crippen LogP contribution in [0.2, 0.25) is 0 Å². The molecule has 0 radical (unpaired) electrons. The average Bonchev–Trinajstić information content (AvgIpc) is 2.52. The van der Waals surface area contributed by atoms with Crippen molar-refractivity contribution in [3.63, 3.8) is 0 Å². The molecule has 0 aliphatic carbocycles. The molecule has 4 N–H and O–H groups in total. The van der Waals surface area contributed by atoms with E-state index in [2.05, 4.69) is 10.7 Å². The van der Waals surface area contributed by atoms with Crippen LogP contribution in [-0.2, 0) is 0 Å². The molecule has 0 spiro atoms. The highest BCUT2D eigenvalue weighted by atomic mass is 16.5. The third-order valence-corrected chi connectivity index (χ3v) is 3.07. The standard InChI is InChI=1S/C16H19N3O2/c1-12-6-2-5-9-15(12)21-11-10-18-14-8-4-3-7-13(14)16(20)19-17/h2-9,18H,10-11,17H2,1H3,(H,19,20). The average molecular weight is 285 g/mol. The maximum atomic E-state index is 11.6. The van der Waals surface area contributed by atoms with Crippen molar-refractivity contribution in [3.8, 4) is 5.75 Å². The first kappa shape index (κ1) is 14.9. The summed E-state index contributed by atoms with van der Waals surface area (Å²) in [7, 11) is 0. The van der Waals surface area contributed by atoms with Crippen molar-refractivity contribution in [2.24, 2.45) is 5.84 Å². The molecule has 2 aromatic rings. The zero-order valence-electron chi connectivity index (χ0n) is 11.9. The van der Waals surface area contributed by atoms with Crippen LogP contribution < -0.4 is 21.3 Å². The number of para-hydroxylation sites is 2. The van der Waals surface area contributed by atoms with Gasteiger partial charge in [0.25, 0.3) is 5.91 Å². The van der Waals surface area contributed by atoms with E-state index in [1.54, 1.807) is 12.1 Å². The largest absolute Gasteiger partial charge is 0.491 e. The summed E-state index contributed by atoms with van der Waals surface area (Å²) in [4.78, 5) is 11.6. The molecule has 0 aliphatic rings. The van der Waals surface area contributed by atoms with Gasteiger partial charge < -0.3 is 10.1 Å². The van der Waals surface area contributed by atoms with Gasteiger partial charge in [0.15, 0.2) is 0 Å². The van der Waals surface area contributed by atoms with Crippen molar-refractivity contribution in [1.82, 2.24) is 5.43 Å². The first-order chi connectivity index (χ1) is 10.2. The third-order valence-electron chi connectivity index (χ3n) is 3.07. The van der Waals surface area contributed by atoms with Crippen LogP contribution in [0.15, 0.2) is 48.5 Å². The highest BCUT2D eigenvalue weighted by molar-refractivity contribution is 5.99. The molecule has 0 heterocycles. The van der Waals surface area contributed by atoms with Gasteiger partial charge in [-0.15, -0.1) is 0 Å². The number of anilines is 1. The number of nitrogens with two attached hydrogens (primary N) is 1. The molecule has 0 unspecified atom stereocenters. The molecule has 2 rings (SSSR count). The number of carbonyl (C=O) groups is 1. The van der Waals surface area contributed by atoms with Crippen molar-refractivity contribution in [3.05, 3.63) is 59.7 Å². The van der Waals surface area contributed by atoms with Crippen LogP contribution in [-0.4, -0.2) is 19.1 Å². The molecule has 0 saturated heterocycles. The summed E-state index contributed by atoms with van der Waals surface area (Å²) in [6.45, 7) is 3.09. The van der Waals surface area contributed by atoms with E-state index < -0.39 is 0 Å². The van der Waals surface area contributed by atoms with Gasteiger partial charge in [-0.3, -0.25) is 10.2 Å². The van der Waals surface area contributed by atoms with Gasteiger partial charge in [-0.25, -0.2) is 5.84 Å². The number of ether oxygens (including phenoxy) is 1. The molecule has 5 heteroatoms. The Kier molecular flexibility index (Phi) is 5.17. The monoisotopic (exact) mass is 285 g/mol. The van der Waals surface area contributed by atoms with Crippen LogP contribution in [0.5, 0.6) is 5.75 Å². The normalized spacial score (nSPS) is 10.0. The lowest BCUT2D eigenvalue weighted by Gasteiger charge is -2.12. The van der Waals surface area contributed by atoms with Gasteiger partial charge in [0, 0.05) is 12.2 Å². The molecule has 2 aromatic carbocycles. The second-order valence-electron chi connectivity index (χ2n) is 4.56. The number of hydrogen-bond acceptors (Lipinski definition) is 4. The molecule has 0 saturated carbocycles. The van der Waals surface area contributed by atoms with E-state index in [1.807, 2.05) is 43.3 Å². The maximum absolute atomic E-state index is 11.6. The lowest BCUT2D eigenvalue weighted by Crippen LogP contribution is -2.30. The van der Waals surface area contributed by atoms with Crippen LogP contribution in [0.3, 0.4) is 0 Å². The van der Waals surface area contributed by atoms with Crippen LogP contribution in [0.4, 0.5) is 5.69 Å². The summed E-state index contributed by atoms with van der Waals surface area (Å²) in [6, 6.07) is 15.1. The minimum Gasteiger partial charge on any atom is -0.491 e. The summed E-state index contributed by atoms with van der Waals surface area (Å²) in [5.41, 5.74) is 4.47. The molecule has 110 valence electrons. The molecule has 0 aliphatic heterocycles. The topological polar surface area (TPSA) is 76.4 Å². The number of hydrazine groups is 1. The second kappa shape index (κ2) is 7.31. The number of hydrogen-bond donors (Lipinski definition) is 3. The van der Waals surface area contributed by atoms with Gasteiger partial charge in [0.1, 0.15) is 12.4 Å². The Morgan fingerprint density at radius 2 is 1.86 bits per heavy atom. The number of rotatable bonds is 6. The molecule has 0 atom stereocenters. The van der Waals surface area contributed by atoms with Gasteiger partial charge in [0.2, 0.25) is 0 Å². The summed E-state index contributed by atoms with van der Waals surface area (Å²) < 4.78 is 5.70. The molecular formula is C16H19N3O2. The molecule has 0 bridgehead atoms. The van der Waals surface area contributed by atoms with Gasteiger partial charge >= 0.3 is 0 Å². The number of aryl methyl sites for hydroxylation is 1. The fraction of sp³-hybridized carbons (Fsp3) is 0.188. The first-order valence-corrected chi connectivity index (χ1v) is 6.74. The number of benzene rings is 2. The minimum atomic E-state index is -0.321. The third kappa shape index (κ3) is 3.97. The van der Waals surface area contributed by atoms with Crippen molar-refractivity contribution in [2.45, 2.75) is 6.92 Å². The molecule has 0 aromatic heterocycles. The Morgan fingerprint density at radius 1 is 1.14 bits per heavy atom. The van der Waals surface area contributed by atoms with Crippen LogP contribution in [0, 0.1) is 6.92 Å². The lowest BCUT2D eigenvalue weighted by molar-refractivity contribution is 0.0954. The van der Waals surface area contributed by atoms with Crippen LogP contribution >= 0.6 is 0 Å². The molecule has 1 amide bonds.